The molecule has 3 aromatic rings. The number of aromatic nitrogens is 4. The summed E-state index contributed by atoms with van der Waals surface area (Å²) in [5.41, 5.74) is 8.61. The van der Waals surface area contributed by atoms with Crippen LogP contribution in [0.1, 0.15) is 0 Å². The molecule has 0 saturated heterocycles. The zero-order chi connectivity index (χ0) is 11.7. The number of rotatable bonds is 2. The highest BCUT2D eigenvalue weighted by molar-refractivity contribution is 7.13. The third-order valence-electron chi connectivity index (χ3n) is 2.09. The van der Waals surface area contributed by atoms with Gasteiger partial charge < -0.3 is 10.3 Å². The molecule has 0 saturated carbocycles. The van der Waals surface area contributed by atoms with Gasteiger partial charge in [-0.2, -0.15) is 4.98 Å². The number of nitrogens with zero attached hydrogens (tertiary/aromatic N) is 4. The summed E-state index contributed by atoms with van der Waals surface area (Å²) in [6.07, 6.45) is 4.88. The lowest BCUT2D eigenvalue weighted by Gasteiger charge is -1.94. The van der Waals surface area contributed by atoms with Crippen LogP contribution >= 0.6 is 11.3 Å². The maximum atomic E-state index is 5.64. The van der Waals surface area contributed by atoms with Crippen LogP contribution in [0.4, 0.5) is 5.69 Å². The molecule has 3 rings (SSSR count). The van der Waals surface area contributed by atoms with Gasteiger partial charge in [0, 0.05) is 18.6 Å². The molecule has 6 nitrogen and oxygen atoms in total. The van der Waals surface area contributed by atoms with Gasteiger partial charge in [0.1, 0.15) is 0 Å². The molecule has 17 heavy (non-hydrogen) atoms. The number of nitrogens with two attached hydrogens (primary N) is 1. The van der Waals surface area contributed by atoms with E-state index in [1.807, 2.05) is 0 Å². The quantitative estimate of drug-likeness (QED) is 0.740. The molecular weight excluding hydrogens is 238 g/mol. The lowest BCUT2D eigenvalue weighted by atomic mass is 10.2. The minimum atomic E-state index is 0.396. The van der Waals surface area contributed by atoms with Gasteiger partial charge in [0.05, 0.1) is 21.6 Å². The van der Waals surface area contributed by atoms with E-state index >= 15 is 0 Å². The predicted octanol–water partition coefficient (Wildman–Crippen LogP) is 1.84. The average molecular weight is 245 g/mol. The summed E-state index contributed by atoms with van der Waals surface area (Å²) in [7, 11) is 0. The fourth-order valence-corrected chi connectivity index (χ4v) is 1.89. The van der Waals surface area contributed by atoms with E-state index in [0.29, 0.717) is 23.0 Å². The van der Waals surface area contributed by atoms with Crippen LogP contribution in [-0.4, -0.2) is 20.1 Å². The first-order valence-electron chi connectivity index (χ1n) is 4.76. The highest BCUT2D eigenvalue weighted by Gasteiger charge is 2.11. The minimum Gasteiger partial charge on any atom is -0.397 e. The van der Waals surface area contributed by atoms with Gasteiger partial charge >= 0.3 is 0 Å². The standard InChI is InChI=1S/C10H7N5OS/c11-7-1-6(2-12-3-7)10-14-9(15-16-10)8-4-13-5-17-8/h1-5H,11H2. The van der Waals surface area contributed by atoms with Crippen molar-refractivity contribution in [2.24, 2.45) is 0 Å². The van der Waals surface area contributed by atoms with Crippen molar-refractivity contribution in [3.05, 3.63) is 30.2 Å². The van der Waals surface area contributed by atoms with Crippen LogP contribution in [0.25, 0.3) is 22.2 Å². The Morgan fingerprint density at radius 2 is 2.12 bits per heavy atom. The van der Waals surface area contributed by atoms with E-state index in [-0.39, 0.29) is 0 Å². The fraction of sp³-hybridized carbons (Fsp3) is 0. The normalized spacial score (nSPS) is 10.6. The lowest BCUT2D eigenvalue weighted by Crippen LogP contribution is -1.87. The maximum absolute atomic E-state index is 5.64. The predicted molar refractivity (Wildman–Crippen MR) is 63.0 cm³/mol. The van der Waals surface area contributed by atoms with E-state index in [2.05, 4.69) is 20.1 Å². The summed E-state index contributed by atoms with van der Waals surface area (Å²) in [6.45, 7) is 0. The van der Waals surface area contributed by atoms with Crippen molar-refractivity contribution in [2.45, 2.75) is 0 Å². The number of hydrogen-bond donors (Lipinski definition) is 1. The lowest BCUT2D eigenvalue weighted by molar-refractivity contribution is 0.432. The first-order chi connectivity index (χ1) is 8.33. The molecule has 3 heterocycles. The summed E-state index contributed by atoms with van der Waals surface area (Å²) in [6, 6.07) is 1.73. The molecule has 7 heteroatoms. The van der Waals surface area contributed by atoms with E-state index in [0.717, 1.165) is 4.88 Å². The van der Waals surface area contributed by atoms with E-state index in [4.69, 9.17) is 10.3 Å². The van der Waals surface area contributed by atoms with E-state index < -0.39 is 0 Å². The summed E-state index contributed by atoms with van der Waals surface area (Å²) in [5.74, 6) is 0.915. The minimum absolute atomic E-state index is 0.396. The van der Waals surface area contributed by atoms with Crippen LogP contribution in [0.15, 0.2) is 34.7 Å². The van der Waals surface area contributed by atoms with Crippen LogP contribution < -0.4 is 5.73 Å². The molecule has 0 aliphatic heterocycles. The molecule has 0 fully saturated rings. The van der Waals surface area contributed by atoms with Crippen molar-refractivity contribution >= 4 is 17.0 Å². The smallest absolute Gasteiger partial charge is 0.259 e. The van der Waals surface area contributed by atoms with Crippen molar-refractivity contribution in [1.82, 2.24) is 20.1 Å². The number of nitrogen functional groups attached to an aromatic ring is 1. The van der Waals surface area contributed by atoms with Crippen molar-refractivity contribution in [3.63, 3.8) is 0 Å². The molecule has 0 aromatic carbocycles. The highest BCUT2D eigenvalue weighted by atomic mass is 32.1. The van der Waals surface area contributed by atoms with Gasteiger partial charge in [0.2, 0.25) is 5.82 Å². The van der Waals surface area contributed by atoms with Crippen LogP contribution in [0.2, 0.25) is 0 Å². The second-order valence-electron chi connectivity index (χ2n) is 3.30. The Bertz CT molecular complexity index is 634. The van der Waals surface area contributed by atoms with Gasteiger partial charge in [-0.25, -0.2) is 0 Å². The topological polar surface area (TPSA) is 90.7 Å². The second-order valence-corrected chi connectivity index (χ2v) is 4.18. The molecule has 0 radical (unpaired) electrons. The number of pyridine rings is 1. The zero-order valence-corrected chi connectivity index (χ0v) is 9.39. The zero-order valence-electron chi connectivity index (χ0n) is 8.57. The van der Waals surface area contributed by atoms with Gasteiger partial charge in [-0.15, -0.1) is 11.3 Å². The second kappa shape index (κ2) is 3.95. The monoisotopic (exact) mass is 245 g/mol. The largest absolute Gasteiger partial charge is 0.397 e. The van der Waals surface area contributed by atoms with Crippen LogP contribution in [0.5, 0.6) is 0 Å². The molecule has 0 spiro atoms. The fourth-order valence-electron chi connectivity index (χ4n) is 1.34. The van der Waals surface area contributed by atoms with Crippen LogP contribution in [-0.2, 0) is 0 Å². The van der Waals surface area contributed by atoms with Gasteiger partial charge in [-0.1, -0.05) is 5.16 Å². The molecule has 0 atom stereocenters. The summed E-state index contributed by atoms with van der Waals surface area (Å²) in [5, 5.41) is 3.88. The van der Waals surface area contributed by atoms with Gasteiger partial charge in [0.25, 0.3) is 5.89 Å². The highest BCUT2D eigenvalue weighted by Crippen LogP contribution is 2.24. The third kappa shape index (κ3) is 1.87. The van der Waals surface area contributed by atoms with Crippen LogP contribution in [0, 0.1) is 0 Å². The van der Waals surface area contributed by atoms with Crippen molar-refractivity contribution < 1.29 is 4.52 Å². The van der Waals surface area contributed by atoms with Gasteiger partial charge in [-0.05, 0) is 6.07 Å². The Hall–Kier alpha value is -2.28. The summed E-state index contributed by atoms with van der Waals surface area (Å²) >= 11 is 1.45. The molecule has 84 valence electrons. The molecular formula is C10H7N5OS. The Morgan fingerprint density at radius 1 is 1.18 bits per heavy atom. The Balaban J connectivity index is 2.01. The first-order valence-corrected chi connectivity index (χ1v) is 5.64. The number of anilines is 1. The maximum Gasteiger partial charge on any atom is 0.259 e. The SMILES string of the molecule is Nc1cncc(-c2nc(-c3cncs3)no2)c1. The van der Waals surface area contributed by atoms with E-state index in [9.17, 15) is 0 Å². The van der Waals surface area contributed by atoms with Crippen molar-refractivity contribution in [2.75, 3.05) is 5.73 Å². The number of thiazole rings is 1. The molecule has 2 N–H and O–H groups in total. The molecule has 0 aliphatic rings. The van der Waals surface area contributed by atoms with Crippen LogP contribution in [0.3, 0.4) is 0 Å². The Labute approximate surface area is 100 Å². The Morgan fingerprint density at radius 3 is 2.88 bits per heavy atom. The van der Waals surface area contributed by atoms with Gasteiger partial charge in [-0.3, -0.25) is 9.97 Å². The molecule has 0 unspecified atom stereocenters. The van der Waals surface area contributed by atoms with Gasteiger partial charge in [0.15, 0.2) is 0 Å². The van der Waals surface area contributed by atoms with E-state index in [1.54, 1.807) is 30.2 Å². The first kappa shape index (κ1) is 9.91. The molecule has 0 amide bonds. The van der Waals surface area contributed by atoms with Crippen molar-refractivity contribution in [1.29, 1.82) is 0 Å². The number of hydrogen-bond acceptors (Lipinski definition) is 7. The summed E-state index contributed by atoms with van der Waals surface area (Å²) in [4.78, 5) is 13.0. The summed E-state index contributed by atoms with van der Waals surface area (Å²) < 4.78 is 5.15. The molecule has 3 aromatic heterocycles. The average Bonchev–Trinajstić information content (AvgIpc) is 3.00. The van der Waals surface area contributed by atoms with Crippen molar-refractivity contribution in [3.8, 4) is 22.2 Å². The third-order valence-corrected chi connectivity index (χ3v) is 2.85. The molecule has 0 bridgehead atoms. The molecule has 0 aliphatic carbocycles. The Kier molecular flexibility index (Phi) is 2.30. The van der Waals surface area contributed by atoms with E-state index in [1.165, 1.54) is 11.3 Å².